The zero-order chi connectivity index (χ0) is 16.8. The highest BCUT2D eigenvalue weighted by Crippen LogP contribution is 2.34. The standard InChI is InChI=1S/C19H24BrNO2/c1-13(2)17(21)9-15-10-19(18(22-3)11-16(15)20)23-12-14-7-5-4-6-8-14/h4-8,10-11,13,17H,9,12,21H2,1-3H3/t17-/m0/s1. The molecule has 0 heterocycles. The second-order valence-electron chi connectivity index (χ2n) is 5.98. The first-order chi connectivity index (χ1) is 11.0. The number of methoxy groups -OCH3 is 1. The van der Waals surface area contributed by atoms with Crippen LogP contribution in [-0.4, -0.2) is 13.2 Å². The van der Waals surface area contributed by atoms with E-state index >= 15 is 0 Å². The lowest BCUT2D eigenvalue weighted by Gasteiger charge is -2.18. The van der Waals surface area contributed by atoms with Gasteiger partial charge in [-0.2, -0.15) is 0 Å². The first kappa shape index (κ1) is 17.8. The zero-order valence-corrected chi connectivity index (χ0v) is 15.5. The molecule has 2 N–H and O–H groups in total. The molecule has 0 saturated carbocycles. The third-order valence-corrected chi connectivity index (χ3v) is 4.62. The largest absolute Gasteiger partial charge is 0.493 e. The molecule has 23 heavy (non-hydrogen) atoms. The molecule has 0 radical (unpaired) electrons. The lowest BCUT2D eigenvalue weighted by molar-refractivity contribution is 0.284. The predicted octanol–water partition coefficient (Wildman–Crippen LogP) is 4.56. The minimum atomic E-state index is 0.113. The van der Waals surface area contributed by atoms with Crippen molar-refractivity contribution in [1.29, 1.82) is 0 Å². The molecule has 0 fully saturated rings. The molecule has 124 valence electrons. The molecule has 0 spiro atoms. The second-order valence-corrected chi connectivity index (χ2v) is 6.84. The SMILES string of the molecule is COc1cc(Br)c(C[C@H](N)C(C)C)cc1OCc1ccccc1. The lowest BCUT2D eigenvalue weighted by Crippen LogP contribution is -2.28. The smallest absolute Gasteiger partial charge is 0.162 e. The fourth-order valence-electron chi connectivity index (χ4n) is 2.23. The Labute approximate surface area is 146 Å². The van der Waals surface area contributed by atoms with Gasteiger partial charge in [-0.25, -0.2) is 0 Å². The first-order valence-corrected chi connectivity index (χ1v) is 8.59. The number of rotatable bonds is 7. The number of hydrogen-bond donors (Lipinski definition) is 1. The third-order valence-electron chi connectivity index (χ3n) is 3.88. The fourth-order valence-corrected chi connectivity index (χ4v) is 2.72. The number of nitrogens with two attached hydrogens (primary N) is 1. The van der Waals surface area contributed by atoms with Crippen LogP contribution >= 0.6 is 15.9 Å². The van der Waals surface area contributed by atoms with E-state index in [4.69, 9.17) is 15.2 Å². The molecule has 4 heteroatoms. The second kappa shape index (κ2) is 8.37. The van der Waals surface area contributed by atoms with Crippen LogP contribution in [0.15, 0.2) is 46.9 Å². The minimum absolute atomic E-state index is 0.113. The summed E-state index contributed by atoms with van der Waals surface area (Å²) in [4.78, 5) is 0. The Morgan fingerprint density at radius 2 is 1.78 bits per heavy atom. The topological polar surface area (TPSA) is 44.5 Å². The van der Waals surface area contributed by atoms with Gasteiger partial charge in [0, 0.05) is 10.5 Å². The summed E-state index contributed by atoms with van der Waals surface area (Å²) in [6.45, 7) is 4.78. The molecular formula is C19H24BrNO2. The number of ether oxygens (including phenoxy) is 2. The first-order valence-electron chi connectivity index (χ1n) is 7.80. The van der Waals surface area contributed by atoms with E-state index in [1.165, 1.54) is 0 Å². The quantitative estimate of drug-likeness (QED) is 0.768. The molecular weight excluding hydrogens is 354 g/mol. The van der Waals surface area contributed by atoms with E-state index in [1.807, 2.05) is 42.5 Å². The van der Waals surface area contributed by atoms with E-state index in [9.17, 15) is 0 Å². The maximum atomic E-state index is 6.21. The summed E-state index contributed by atoms with van der Waals surface area (Å²) in [5, 5.41) is 0. The summed E-state index contributed by atoms with van der Waals surface area (Å²) < 4.78 is 12.4. The van der Waals surface area contributed by atoms with Gasteiger partial charge in [-0.05, 0) is 35.6 Å². The van der Waals surface area contributed by atoms with Gasteiger partial charge in [0.1, 0.15) is 6.61 Å². The van der Waals surface area contributed by atoms with Crippen LogP contribution in [0.1, 0.15) is 25.0 Å². The summed E-state index contributed by atoms with van der Waals surface area (Å²) in [6.07, 6.45) is 0.796. The van der Waals surface area contributed by atoms with Gasteiger partial charge in [0.15, 0.2) is 11.5 Å². The molecule has 0 aliphatic carbocycles. The molecule has 0 aliphatic heterocycles. The molecule has 0 aromatic heterocycles. The Balaban J connectivity index is 2.19. The van der Waals surface area contributed by atoms with Gasteiger partial charge in [0.2, 0.25) is 0 Å². The monoisotopic (exact) mass is 377 g/mol. The van der Waals surface area contributed by atoms with E-state index in [0.29, 0.717) is 12.5 Å². The number of benzene rings is 2. The van der Waals surface area contributed by atoms with Gasteiger partial charge >= 0.3 is 0 Å². The Morgan fingerprint density at radius 3 is 2.39 bits per heavy atom. The van der Waals surface area contributed by atoms with Crippen molar-refractivity contribution in [3.05, 3.63) is 58.1 Å². The maximum Gasteiger partial charge on any atom is 0.162 e. The van der Waals surface area contributed by atoms with Crippen LogP contribution in [0.2, 0.25) is 0 Å². The van der Waals surface area contributed by atoms with E-state index in [1.54, 1.807) is 7.11 Å². The van der Waals surface area contributed by atoms with Crippen molar-refractivity contribution in [2.24, 2.45) is 11.7 Å². The fraction of sp³-hybridized carbons (Fsp3) is 0.368. The Hall–Kier alpha value is -1.52. The van der Waals surface area contributed by atoms with Crippen molar-refractivity contribution < 1.29 is 9.47 Å². The number of halogens is 1. The van der Waals surface area contributed by atoms with E-state index in [2.05, 4.69) is 29.8 Å². The molecule has 0 amide bonds. The third kappa shape index (κ3) is 4.98. The van der Waals surface area contributed by atoms with Gasteiger partial charge in [0.25, 0.3) is 0 Å². The average molecular weight is 378 g/mol. The molecule has 3 nitrogen and oxygen atoms in total. The van der Waals surface area contributed by atoms with E-state index < -0.39 is 0 Å². The van der Waals surface area contributed by atoms with Crippen molar-refractivity contribution in [2.45, 2.75) is 32.9 Å². The Kier molecular flexibility index (Phi) is 6.48. The summed E-state index contributed by atoms with van der Waals surface area (Å²) in [7, 11) is 1.65. The predicted molar refractivity (Wildman–Crippen MR) is 98.0 cm³/mol. The van der Waals surface area contributed by atoms with Crippen LogP contribution in [-0.2, 0) is 13.0 Å². The van der Waals surface area contributed by atoms with Crippen molar-refractivity contribution in [3.63, 3.8) is 0 Å². The minimum Gasteiger partial charge on any atom is -0.493 e. The van der Waals surface area contributed by atoms with Crippen LogP contribution in [0.4, 0.5) is 0 Å². The highest BCUT2D eigenvalue weighted by atomic mass is 79.9. The highest BCUT2D eigenvalue weighted by molar-refractivity contribution is 9.10. The summed E-state index contributed by atoms with van der Waals surface area (Å²) >= 11 is 3.60. The highest BCUT2D eigenvalue weighted by Gasteiger charge is 2.15. The zero-order valence-electron chi connectivity index (χ0n) is 13.9. The Morgan fingerprint density at radius 1 is 1.09 bits per heavy atom. The molecule has 0 aliphatic rings. The van der Waals surface area contributed by atoms with Crippen LogP contribution < -0.4 is 15.2 Å². The van der Waals surface area contributed by atoms with E-state index in [0.717, 1.165) is 33.5 Å². The van der Waals surface area contributed by atoms with Gasteiger partial charge in [-0.15, -0.1) is 0 Å². The molecule has 1 atom stereocenters. The van der Waals surface area contributed by atoms with Crippen molar-refractivity contribution >= 4 is 15.9 Å². The van der Waals surface area contributed by atoms with Crippen LogP contribution in [0, 0.1) is 5.92 Å². The van der Waals surface area contributed by atoms with Crippen LogP contribution in [0.3, 0.4) is 0 Å². The summed E-state index contributed by atoms with van der Waals surface area (Å²) in [5.74, 6) is 1.89. The van der Waals surface area contributed by atoms with Gasteiger partial charge < -0.3 is 15.2 Å². The van der Waals surface area contributed by atoms with Gasteiger partial charge in [-0.1, -0.05) is 60.1 Å². The van der Waals surface area contributed by atoms with Crippen molar-refractivity contribution in [2.75, 3.05) is 7.11 Å². The van der Waals surface area contributed by atoms with Crippen LogP contribution in [0.25, 0.3) is 0 Å². The van der Waals surface area contributed by atoms with Gasteiger partial charge in [-0.3, -0.25) is 0 Å². The molecule has 0 bridgehead atoms. The Bertz CT molecular complexity index is 629. The summed E-state index contributed by atoms with van der Waals surface area (Å²) in [5.41, 5.74) is 8.47. The lowest BCUT2D eigenvalue weighted by atomic mass is 9.97. The molecule has 2 aromatic rings. The van der Waals surface area contributed by atoms with Gasteiger partial charge in [0.05, 0.1) is 7.11 Å². The van der Waals surface area contributed by atoms with Crippen LogP contribution in [0.5, 0.6) is 11.5 Å². The van der Waals surface area contributed by atoms with E-state index in [-0.39, 0.29) is 6.04 Å². The molecule has 0 saturated heterocycles. The molecule has 0 unspecified atom stereocenters. The average Bonchev–Trinajstić information content (AvgIpc) is 2.55. The summed E-state index contributed by atoms with van der Waals surface area (Å²) in [6, 6.07) is 14.2. The maximum absolute atomic E-state index is 6.21. The molecule has 2 aromatic carbocycles. The normalized spacial score (nSPS) is 12.3. The molecule has 2 rings (SSSR count). The van der Waals surface area contributed by atoms with Crippen molar-refractivity contribution in [1.82, 2.24) is 0 Å². The van der Waals surface area contributed by atoms with Crippen molar-refractivity contribution in [3.8, 4) is 11.5 Å². The number of hydrogen-bond acceptors (Lipinski definition) is 3.